The molecule has 0 radical (unpaired) electrons. The zero-order chi connectivity index (χ0) is 19.5. The molecular formula is C20H16F3N5. The van der Waals surface area contributed by atoms with E-state index in [9.17, 15) is 13.2 Å². The third-order valence-corrected chi connectivity index (χ3v) is 4.94. The molecular weight excluding hydrogens is 367 g/mol. The highest BCUT2D eigenvalue weighted by atomic mass is 19.4. The van der Waals surface area contributed by atoms with Crippen LogP contribution in [0, 0.1) is 0 Å². The van der Waals surface area contributed by atoms with Gasteiger partial charge in [-0.1, -0.05) is 0 Å². The molecule has 0 aliphatic heterocycles. The highest BCUT2D eigenvalue weighted by Gasteiger charge is 2.30. The molecule has 0 atom stereocenters. The van der Waals surface area contributed by atoms with Crippen LogP contribution in [0.3, 0.4) is 0 Å². The normalized spacial score (nSPS) is 14.7. The second-order valence-electron chi connectivity index (χ2n) is 7.02. The Kier molecular flexibility index (Phi) is 3.52. The number of benzene rings is 2. The van der Waals surface area contributed by atoms with Crippen LogP contribution >= 0.6 is 0 Å². The number of halogens is 3. The molecule has 1 aliphatic rings. The minimum absolute atomic E-state index is 0.446. The van der Waals surface area contributed by atoms with Crippen molar-refractivity contribution in [1.29, 1.82) is 0 Å². The molecule has 0 bridgehead atoms. The maximum Gasteiger partial charge on any atom is 0.416 e. The van der Waals surface area contributed by atoms with Gasteiger partial charge in [0, 0.05) is 22.8 Å². The molecule has 1 fully saturated rings. The maximum atomic E-state index is 12.9. The van der Waals surface area contributed by atoms with Gasteiger partial charge in [-0.2, -0.15) is 23.4 Å². The number of nitrogens with two attached hydrogens (primary N) is 1. The summed E-state index contributed by atoms with van der Waals surface area (Å²) >= 11 is 0. The lowest BCUT2D eigenvalue weighted by molar-refractivity contribution is -0.137. The van der Waals surface area contributed by atoms with Crippen LogP contribution in [0.1, 0.15) is 24.4 Å². The Labute approximate surface area is 158 Å². The van der Waals surface area contributed by atoms with Gasteiger partial charge in [0.1, 0.15) is 5.69 Å². The maximum absolute atomic E-state index is 12.9. The fraction of sp³-hybridized carbons (Fsp3) is 0.200. The monoisotopic (exact) mass is 383 g/mol. The Bertz CT molecular complexity index is 1170. The predicted molar refractivity (Wildman–Crippen MR) is 100.0 cm³/mol. The molecule has 5 nitrogen and oxygen atoms in total. The van der Waals surface area contributed by atoms with E-state index in [4.69, 9.17) is 5.73 Å². The second-order valence-corrected chi connectivity index (χ2v) is 7.02. The molecule has 0 amide bonds. The Balaban J connectivity index is 1.65. The number of rotatable bonds is 3. The lowest BCUT2D eigenvalue weighted by Gasteiger charge is -2.08. The molecule has 142 valence electrons. The van der Waals surface area contributed by atoms with Crippen LogP contribution in [0.25, 0.3) is 27.8 Å². The molecule has 2 N–H and O–H groups in total. The second kappa shape index (κ2) is 5.85. The molecule has 8 heteroatoms. The van der Waals surface area contributed by atoms with Gasteiger partial charge in [-0.3, -0.25) is 4.68 Å². The van der Waals surface area contributed by atoms with E-state index in [-0.39, 0.29) is 0 Å². The van der Waals surface area contributed by atoms with Crippen LogP contribution < -0.4 is 5.73 Å². The fourth-order valence-electron chi connectivity index (χ4n) is 3.34. The zero-order valence-corrected chi connectivity index (χ0v) is 14.7. The number of anilines is 1. The largest absolute Gasteiger partial charge is 0.416 e. The van der Waals surface area contributed by atoms with E-state index in [1.165, 1.54) is 12.1 Å². The third-order valence-electron chi connectivity index (χ3n) is 4.94. The molecule has 28 heavy (non-hydrogen) atoms. The Hall–Kier alpha value is -3.29. The summed E-state index contributed by atoms with van der Waals surface area (Å²) < 4.78 is 42.2. The number of fused-ring (bicyclic) bond motifs is 1. The molecule has 2 heterocycles. The first kappa shape index (κ1) is 16.9. The standard InChI is InChI=1S/C20H16F3N5/c21-20(22,23)13-1-4-16(5-2-13)28-18-8-3-14(24)9-17(18)19(26-28)12-10-25-27(11-12)15-6-7-15/h1-5,8-11,15H,6-7,24H2. The summed E-state index contributed by atoms with van der Waals surface area (Å²) in [4.78, 5) is 0. The zero-order valence-electron chi connectivity index (χ0n) is 14.7. The van der Waals surface area contributed by atoms with E-state index < -0.39 is 11.7 Å². The van der Waals surface area contributed by atoms with Gasteiger partial charge in [0.25, 0.3) is 0 Å². The summed E-state index contributed by atoms with van der Waals surface area (Å²) in [5, 5.41) is 9.93. The van der Waals surface area contributed by atoms with Crippen molar-refractivity contribution < 1.29 is 13.2 Å². The molecule has 1 aliphatic carbocycles. The van der Waals surface area contributed by atoms with Crippen LogP contribution in [-0.4, -0.2) is 19.6 Å². The van der Waals surface area contributed by atoms with E-state index in [1.54, 1.807) is 16.9 Å². The first-order valence-electron chi connectivity index (χ1n) is 8.90. The third kappa shape index (κ3) is 2.81. The van der Waals surface area contributed by atoms with E-state index in [0.29, 0.717) is 23.1 Å². The van der Waals surface area contributed by atoms with Gasteiger partial charge in [0.05, 0.1) is 29.0 Å². The average Bonchev–Trinajstić information content (AvgIpc) is 3.28. The van der Waals surface area contributed by atoms with Crippen molar-refractivity contribution in [3.05, 3.63) is 60.4 Å². The van der Waals surface area contributed by atoms with Crippen molar-refractivity contribution >= 4 is 16.6 Å². The fourth-order valence-corrected chi connectivity index (χ4v) is 3.34. The molecule has 0 spiro atoms. The molecule has 2 aromatic carbocycles. The number of hydrogen-bond acceptors (Lipinski definition) is 3. The predicted octanol–water partition coefficient (Wildman–Crippen LogP) is 4.82. The lowest BCUT2D eigenvalue weighted by atomic mass is 10.1. The molecule has 0 saturated heterocycles. The molecule has 0 unspecified atom stereocenters. The summed E-state index contributed by atoms with van der Waals surface area (Å²) in [6.07, 6.45) is 1.59. The highest BCUT2D eigenvalue weighted by molar-refractivity contribution is 5.95. The summed E-state index contributed by atoms with van der Waals surface area (Å²) in [5.41, 5.74) is 8.74. The summed E-state index contributed by atoms with van der Waals surface area (Å²) in [7, 11) is 0. The van der Waals surface area contributed by atoms with Crippen molar-refractivity contribution in [2.24, 2.45) is 0 Å². The van der Waals surface area contributed by atoms with Gasteiger partial charge in [-0.15, -0.1) is 0 Å². The summed E-state index contributed by atoms with van der Waals surface area (Å²) in [6, 6.07) is 10.8. The smallest absolute Gasteiger partial charge is 0.399 e. The van der Waals surface area contributed by atoms with Crippen molar-refractivity contribution in [3.63, 3.8) is 0 Å². The van der Waals surface area contributed by atoms with Gasteiger partial charge in [0.15, 0.2) is 0 Å². The van der Waals surface area contributed by atoms with E-state index >= 15 is 0 Å². The summed E-state index contributed by atoms with van der Waals surface area (Å²) in [6.45, 7) is 0. The van der Waals surface area contributed by atoms with Crippen molar-refractivity contribution in [1.82, 2.24) is 19.6 Å². The molecule has 2 aromatic heterocycles. The topological polar surface area (TPSA) is 61.7 Å². The average molecular weight is 383 g/mol. The number of hydrogen-bond donors (Lipinski definition) is 1. The van der Waals surface area contributed by atoms with Crippen molar-refractivity contribution in [2.45, 2.75) is 25.1 Å². The van der Waals surface area contributed by atoms with Gasteiger partial charge < -0.3 is 5.73 Å². The molecule has 4 aromatic rings. The minimum Gasteiger partial charge on any atom is -0.399 e. The van der Waals surface area contributed by atoms with Gasteiger partial charge >= 0.3 is 6.18 Å². The van der Waals surface area contributed by atoms with Crippen LogP contribution in [0.15, 0.2) is 54.9 Å². The van der Waals surface area contributed by atoms with Crippen LogP contribution in [-0.2, 0) is 6.18 Å². The quantitative estimate of drug-likeness (QED) is 0.516. The van der Waals surface area contributed by atoms with Gasteiger partial charge in [0.2, 0.25) is 0 Å². The number of nitrogens with zero attached hydrogens (tertiary/aromatic N) is 4. The van der Waals surface area contributed by atoms with Crippen molar-refractivity contribution in [3.8, 4) is 16.9 Å². The molecule has 1 saturated carbocycles. The minimum atomic E-state index is -4.37. The molecule has 5 rings (SSSR count). The highest BCUT2D eigenvalue weighted by Crippen LogP contribution is 2.37. The van der Waals surface area contributed by atoms with Crippen LogP contribution in [0.5, 0.6) is 0 Å². The van der Waals surface area contributed by atoms with E-state index in [1.807, 2.05) is 23.0 Å². The summed E-state index contributed by atoms with van der Waals surface area (Å²) in [5.74, 6) is 0. The van der Waals surface area contributed by atoms with E-state index in [0.717, 1.165) is 41.4 Å². The van der Waals surface area contributed by atoms with Crippen molar-refractivity contribution in [2.75, 3.05) is 5.73 Å². The first-order chi connectivity index (χ1) is 13.4. The van der Waals surface area contributed by atoms with Gasteiger partial charge in [-0.25, -0.2) is 4.68 Å². The Morgan fingerprint density at radius 2 is 1.79 bits per heavy atom. The number of aromatic nitrogens is 4. The SMILES string of the molecule is Nc1ccc2c(c1)c(-c1cnn(C3CC3)c1)nn2-c1ccc(C(F)(F)F)cc1. The number of nitrogen functional groups attached to an aromatic ring is 1. The van der Waals surface area contributed by atoms with Crippen LogP contribution in [0.2, 0.25) is 0 Å². The Morgan fingerprint density at radius 1 is 1.04 bits per heavy atom. The van der Waals surface area contributed by atoms with Crippen LogP contribution in [0.4, 0.5) is 18.9 Å². The van der Waals surface area contributed by atoms with E-state index in [2.05, 4.69) is 10.2 Å². The Morgan fingerprint density at radius 3 is 2.46 bits per heavy atom. The van der Waals surface area contributed by atoms with Gasteiger partial charge in [-0.05, 0) is 55.3 Å². The lowest BCUT2D eigenvalue weighted by Crippen LogP contribution is -2.05. The first-order valence-corrected chi connectivity index (χ1v) is 8.90. The number of alkyl halides is 3.